The Hall–Kier alpha value is -2.70. The van der Waals surface area contributed by atoms with Gasteiger partial charge in [0.1, 0.15) is 11.7 Å². The first-order chi connectivity index (χ1) is 12.2. The fraction of sp³-hybridized carbons (Fsp3) is 0.444. The van der Waals surface area contributed by atoms with E-state index in [2.05, 4.69) is 21.9 Å². The van der Waals surface area contributed by atoms with E-state index in [9.17, 15) is 4.79 Å². The summed E-state index contributed by atoms with van der Waals surface area (Å²) in [7, 11) is 1.51. The van der Waals surface area contributed by atoms with Gasteiger partial charge in [-0.05, 0) is 37.0 Å². The maximum atomic E-state index is 12.8. The third-order valence-corrected chi connectivity index (χ3v) is 4.22. The molecule has 3 rings (SSSR count). The zero-order valence-electron chi connectivity index (χ0n) is 14.5. The zero-order chi connectivity index (χ0) is 17.6. The molecule has 0 radical (unpaired) electrons. The monoisotopic (exact) mass is 342 g/mol. The molecule has 1 atom stereocenters. The van der Waals surface area contributed by atoms with Gasteiger partial charge in [0.2, 0.25) is 5.88 Å². The highest BCUT2D eigenvalue weighted by atomic mass is 16.5. The highest BCUT2D eigenvalue weighted by Crippen LogP contribution is 2.21. The molecule has 1 aliphatic rings. The van der Waals surface area contributed by atoms with Crippen LogP contribution in [0.3, 0.4) is 0 Å². The summed E-state index contributed by atoms with van der Waals surface area (Å²) >= 11 is 0. The Morgan fingerprint density at radius 2 is 2.12 bits per heavy atom. The number of hydrogen-bond acceptors (Lipinski definition) is 6. The van der Waals surface area contributed by atoms with E-state index in [1.54, 1.807) is 35.6 Å². The van der Waals surface area contributed by atoms with Crippen LogP contribution in [0.15, 0.2) is 30.7 Å². The standard InChI is InChI=1S/C18H22N4O3/c1-3-13-10-20-18(21-11-13)25-14-6-5-9-22(12-14)17(23)15-7-4-8-19-16(15)24-2/h4,7-8,10-11,14H,3,5-6,9,12H2,1-2H3. The van der Waals surface area contributed by atoms with E-state index >= 15 is 0 Å². The lowest BCUT2D eigenvalue weighted by molar-refractivity contribution is 0.0512. The topological polar surface area (TPSA) is 77.4 Å². The third kappa shape index (κ3) is 4.04. The molecule has 0 bridgehead atoms. The number of carbonyl (C=O) groups excluding carboxylic acids is 1. The number of carbonyl (C=O) groups is 1. The number of amides is 1. The number of aryl methyl sites for hydroxylation is 1. The molecular formula is C18H22N4O3. The van der Waals surface area contributed by atoms with Gasteiger partial charge in [-0.1, -0.05) is 6.92 Å². The molecule has 0 aliphatic carbocycles. The van der Waals surface area contributed by atoms with Crippen molar-refractivity contribution in [2.75, 3.05) is 20.2 Å². The van der Waals surface area contributed by atoms with Gasteiger partial charge < -0.3 is 14.4 Å². The SMILES string of the molecule is CCc1cnc(OC2CCCN(C(=O)c3cccnc3OC)C2)nc1. The summed E-state index contributed by atoms with van der Waals surface area (Å²) in [6, 6.07) is 3.82. The van der Waals surface area contributed by atoms with Crippen molar-refractivity contribution >= 4 is 5.91 Å². The normalized spacial score (nSPS) is 17.2. The van der Waals surface area contributed by atoms with Crippen molar-refractivity contribution in [3.63, 3.8) is 0 Å². The van der Waals surface area contributed by atoms with Crippen LogP contribution in [0.1, 0.15) is 35.7 Å². The number of hydrogen-bond donors (Lipinski definition) is 0. The molecule has 7 nitrogen and oxygen atoms in total. The molecule has 1 amide bonds. The second-order valence-electron chi connectivity index (χ2n) is 5.92. The third-order valence-electron chi connectivity index (χ3n) is 4.22. The smallest absolute Gasteiger partial charge is 0.316 e. The number of nitrogens with zero attached hydrogens (tertiary/aromatic N) is 4. The van der Waals surface area contributed by atoms with E-state index in [1.807, 2.05) is 0 Å². The van der Waals surface area contributed by atoms with Crippen LogP contribution < -0.4 is 9.47 Å². The summed E-state index contributed by atoms with van der Waals surface area (Å²) in [6.07, 6.45) is 7.66. The van der Waals surface area contributed by atoms with Gasteiger partial charge in [-0.15, -0.1) is 0 Å². The molecule has 132 valence electrons. The molecule has 1 unspecified atom stereocenters. The Labute approximate surface area is 147 Å². The first-order valence-electron chi connectivity index (χ1n) is 8.47. The van der Waals surface area contributed by atoms with Crippen LogP contribution >= 0.6 is 0 Å². The number of methoxy groups -OCH3 is 1. The first-order valence-corrected chi connectivity index (χ1v) is 8.47. The Balaban J connectivity index is 1.66. The minimum absolute atomic E-state index is 0.0968. The molecule has 1 aliphatic heterocycles. The number of piperidine rings is 1. The van der Waals surface area contributed by atoms with Crippen molar-refractivity contribution in [2.45, 2.75) is 32.3 Å². The molecule has 0 spiro atoms. The summed E-state index contributed by atoms with van der Waals surface area (Å²) in [5.41, 5.74) is 1.53. The quantitative estimate of drug-likeness (QED) is 0.828. The number of rotatable bonds is 5. The van der Waals surface area contributed by atoms with Crippen LogP contribution in [-0.2, 0) is 6.42 Å². The average molecular weight is 342 g/mol. The molecule has 2 aromatic heterocycles. The van der Waals surface area contributed by atoms with Crippen LogP contribution in [0.25, 0.3) is 0 Å². The van der Waals surface area contributed by atoms with E-state index in [0.29, 0.717) is 30.5 Å². The van der Waals surface area contributed by atoms with E-state index in [4.69, 9.17) is 9.47 Å². The molecule has 7 heteroatoms. The molecule has 0 N–H and O–H groups in total. The first kappa shape index (κ1) is 17.1. The second-order valence-corrected chi connectivity index (χ2v) is 5.92. The lowest BCUT2D eigenvalue weighted by Crippen LogP contribution is -2.44. The van der Waals surface area contributed by atoms with E-state index < -0.39 is 0 Å². The highest BCUT2D eigenvalue weighted by Gasteiger charge is 2.28. The summed E-state index contributed by atoms with van der Waals surface area (Å²) in [6.45, 7) is 3.23. The van der Waals surface area contributed by atoms with Gasteiger partial charge >= 0.3 is 6.01 Å². The lowest BCUT2D eigenvalue weighted by Gasteiger charge is -2.32. The van der Waals surface area contributed by atoms with Crippen molar-refractivity contribution in [3.8, 4) is 11.9 Å². The number of pyridine rings is 1. The Kier molecular flexibility index (Phi) is 5.42. The van der Waals surface area contributed by atoms with Crippen LogP contribution in [-0.4, -0.2) is 52.1 Å². The molecule has 1 saturated heterocycles. The van der Waals surface area contributed by atoms with Gasteiger partial charge in [0.15, 0.2) is 0 Å². The molecular weight excluding hydrogens is 320 g/mol. The minimum Gasteiger partial charge on any atom is -0.480 e. The maximum Gasteiger partial charge on any atom is 0.316 e. The van der Waals surface area contributed by atoms with Crippen molar-refractivity contribution < 1.29 is 14.3 Å². The van der Waals surface area contributed by atoms with Gasteiger partial charge in [0.25, 0.3) is 5.91 Å². The number of likely N-dealkylation sites (tertiary alicyclic amines) is 1. The Bertz CT molecular complexity index is 721. The molecule has 0 aromatic carbocycles. The van der Waals surface area contributed by atoms with Gasteiger partial charge in [-0.2, -0.15) is 0 Å². The molecule has 2 aromatic rings. The predicted molar refractivity (Wildman–Crippen MR) is 91.8 cm³/mol. The predicted octanol–water partition coefficient (Wildman–Crippen LogP) is 2.13. The highest BCUT2D eigenvalue weighted by molar-refractivity contribution is 5.96. The van der Waals surface area contributed by atoms with Crippen molar-refractivity contribution in [1.82, 2.24) is 19.9 Å². The molecule has 0 saturated carbocycles. The van der Waals surface area contributed by atoms with Crippen LogP contribution in [0.4, 0.5) is 0 Å². The average Bonchev–Trinajstić information content (AvgIpc) is 2.68. The van der Waals surface area contributed by atoms with Crippen molar-refractivity contribution in [3.05, 3.63) is 41.9 Å². The lowest BCUT2D eigenvalue weighted by atomic mass is 10.1. The van der Waals surface area contributed by atoms with Crippen LogP contribution in [0, 0.1) is 0 Å². The maximum absolute atomic E-state index is 12.8. The second kappa shape index (κ2) is 7.92. The number of aromatic nitrogens is 3. The van der Waals surface area contributed by atoms with Crippen molar-refractivity contribution in [2.24, 2.45) is 0 Å². The minimum atomic E-state index is -0.118. The largest absolute Gasteiger partial charge is 0.480 e. The summed E-state index contributed by atoms with van der Waals surface area (Å²) in [5.74, 6) is 0.245. The van der Waals surface area contributed by atoms with E-state index in [1.165, 1.54) is 7.11 Å². The van der Waals surface area contributed by atoms with Gasteiger partial charge in [0.05, 0.1) is 13.7 Å². The summed E-state index contributed by atoms with van der Waals surface area (Å²) < 4.78 is 11.1. The van der Waals surface area contributed by atoms with Crippen LogP contribution in [0.2, 0.25) is 0 Å². The van der Waals surface area contributed by atoms with Gasteiger partial charge in [-0.3, -0.25) is 4.79 Å². The molecule has 25 heavy (non-hydrogen) atoms. The molecule has 1 fully saturated rings. The van der Waals surface area contributed by atoms with Crippen molar-refractivity contribution in [1.29, 1.82) is 0 Å². The van der Waals surface area contributed by atoms with Gasteiger partial charge in [0, 0.05) is 25.1 Å². The summed E-state index contributed by atoms with van der Waals surface area (Å²) in [4.78, 5) is 27.1. The number of ether oxygens (including phenoxy) is 2. The Morgan fingerprint density at radius 3 is 2.84 bits per heavy atom. The fourth-order valence-corrected chi connectivity index (χ4v) is 2.84. The van der Waals surface area contributed by atoms with Gasteiger partial charge in [-0.25, -0.2) is 15.0 Å². The van der Waals surface area contributed by atoms with Crippen LogP contribution in [0.5, 0.6) is 11.9 Å². The van der Waals surface area contributed by atoms with E-state index in [-0.39, 0.29) is 12.0 Å². The summed E-state index contributed by atoms with van der Waals surface area (Å²) in [5, 5.41) is 0. The van der Waals surface area contributed by atoms with E-state index in [0.717, 1.165) is 24.8 Å². The zero-order valence-corrected chi connectivity index (χ0v) is 14.5. The fourth-order valence-electron chi connectivity index (χ4n) is 2.84. The Morgan fingerprint density at radius 1 is 1.32 bits per heavy atom. The molecule has 3 heterocycles.